The summed E-state index contributed by atoms with van der Waals surface area (Å²) in [4.78, 5) is 24.9. The first-order chi connectivity index (χ1) is 24.8. The van der Waals surface area contributed by atoms with Gasteiger partial charge in [-0.15, -0.1) is 0 Å². The quantitative estimate of drug-likeness (QED) is 0.142. The summed E-state index contributed by atoms with van der Waals surface area (Å²) in [6, 6.07) is 52.4. The summed E-state index contributed by atoms with van der Waals surface area (Å²) in [7, 11) is 0. The summed E-state index contributed by atoms with van der Waals surface area (Å²) in [6.45, 7) is 0. The van der Waals surface area contributed by atoms with Gasteiger partial charge in [0.25, 0.3) is 0 Å². The Morgan fingerprint density at radius 1 is 0.340 bits per heavy atom. The molecule has 5 heteroatoms. The third kappa shape index (κ3) is 4.60. The third-order valence-corrected chi connectivity index (χ3v) is 9.55. The number of fused-ring (bicyclic) bond motifs is 6. The molecule has 10 rings (SSSR count). The smallest absolute Gasteiger partial charge is 0.0978 e. The van der Waals surface area contributed by atoms with Gasteiger partial charge in [0.1, 0.15) is 0 Å². The van der Waals surface area contributed by atoms with Crippen LogP contribution in [-0.4, -0.2) is 24.9 Å². The van der Waals surface area contributed by atoms with E-state index in [1.807, 2.05) is 42.6 Å². The Kier molecular flexibility index (Phi) is 6.42. The molecule has 0 N–H and O–H groups in total. The van der Waals surface area contributed by atoms with Crippen molar-refractivity contribution in [3.05, 3.63) is 164 Å². The van der Waals surface area contributed by atoms with Gasteiger partial charge in [-0.3, -0.25) is 9.97 Å². The van der Waals surface area contributed by atoms with Crippen LogP contribution in [0.1, 0.15) is 0 Å². The molecule has 0 spiro atoms. The lowest BCUT2D eigenvalue weighted by Gasteiger charge is -2.14. The molecule has 0 aliphatic rings. The van der Waals surface area contributed by atoms with Crippen molar-refractivity contribution in [3.8, 4) is 44.9 Å². The lowest BCUT2D eigenvalue weighted by atomic mass is 9.94. The van der Waals surface area contributed by atoms with Gasteiger partial charge in [0.05, 0.1) is 44.7 Å². The molecule has 0 radical (unpaired) electrons. The van der Waals surface area contributed by atoms with E-state index >= 15 is 0 Å². The van der Waals surface area contributed by atoms with Gasteiger partial charge in [0, 0.05) is 50.5 Å². The first-order valence-electron chi connectivity index (χ1n) is 16.7. The number of pyridine rings is 5. The molecule has 0 aliphatic heterocycles. The number of hydrogen-bond donors (Lipinski definition) is 0. The normalized spacial score (nSPS) is 11.6. The Hall–Kier alpha value is -6.85. The van der Waals surface area contributed by atoms with E-state index in [1.165, 1.54) is 5.56 Å². The second kappa shape index (κ2) is 11.4. The Labute approximate surface area is 287 Å². The summed E-state index contributed by atoms with van der Waals surface area (Å²) in [5, 5.41) is 5.40. The molecule has 5 aromatic carbocycles. The molecule has 10 aromatic rings. The third-order valence-electron chi connectivity index (χ3n) is 9.55. The highest BCUT2D eigenvalue weighted by Crippen LogP contribution is 2.39. The van der Waals surface area contributed by atoms with E-state index in [9.17, 15) is 0 Å². The molecule has 5 aromatic heterocycles. The van der Waals surface area contributed by atoms with Gasteiger partial charge in [-0.25, -0.2) is 15.0 Å². The largest absolute Gasteiger partial charge is 0.256 e. The molecule has 5 nitrogen and oxygen atoms in total. The van der Waals surface area contributed by atoms with Crippen molar-refractivity contribution >= 4 is 54.5 Å². The van der Waals surface area contributed by atoms with Crippen LogP contribution in [0.25, 0.3) is 99.4 Å². The van der Waals surface area contributed by atoms with E-state index in [1.54, 1.807) is 6.20 Å². The van der Waals surface area contributed by atoms with Crippen LogP contribution in [0, 0.1) is 0 Å². The van der Waals surface area contributed by atoms with Gasteiger partial charge in [-0.2, -0.15) is 0 Å². The van der Waals surface area contributed by atoms with E-state index in [0.717, 1.165) is 93.9 Å². The topological polar surface area (TPSA) is 64.5 Å². The minimum absolute atomic E-state index is 0.852. The second-order valence-corrected chi connectivity index (χ2v) is 12.5. The zero-order chi connectivity index (χ0) is 33.0. The first-order valence-corrected chi connectivity index (χ1v) is 16.7. The Morgan fingerprint density at radius 2 is 1.10 bits per heavy atom. The van der Waals surface area contributed by atoms with E-state index in [2.05, 4.69) is 120 Å². The lowest BCUT2D eigenvalue weighted by Crippen LogP contribution is -1.94. The number of nitrogens with zero attached hydrogens (tertiary/aromatic N) is 5. The number of aromatic nitrogens is 5. The Morgan fingerprint density at radius 3 is 2.02 bits per heavy atom. The summed E-state index contributed by atoms with van der Waals surface area (Å²) >= 11 is 0. The van der Waals surface area contributed by atoms with Crippen LogP contribution in [0.5, 0.6) is 0 Å². The highest BCUT2D eigenvalue weighted by atomic mass is 14.8. The minimum atomic E-state index is 0.852. The zero-order valence-corrected chi connectivity index (χ0v) is 26.8. The monoisotopic (exact) mass is 637 g/mol. The van der Waals surface area contributed by atoms with Crippen molar-refractivity contribution in [2.24, 2.45) is 0 Å². The number of benzene rings is 5. The van der Waals surface area contributed by atoms with Crippen LogP contribution in [0.4, 0.5) is 0 Å². The van der Waals surface area contributed by atoms with E-state index in [-0.39, 0.29) is 0 Å². The molecule has 0 saturated heterocycles. The average Bonchev–Trinajstić information content (AvgIpc) is 3.19. The predicted molar refractivity (Wildman–Crippen MR) is 205 cm³/mol. The maximum atomic E-state index is 5.33. The van der Waals surface area contributed by atoms with Crippen molar-refractivity contribution in [1.29, 1.82) is 0 Å². The van der Waals surface area contributed by atoms with Crippen LogP contribution in [0.15, 0.2) is 164 Å². The van der Waals surface area contributed by atoms with E-state index < -0.39 is 0 Å². The Balaban J connectivity index is 1.14. The SMILES string of the molecule is c1ccc(-c2c3ccccc3nc3c2ccc2ccc(-c4ccc(-c5ccc6ccc(-c7ccccn7)nc6c5)c5cccnc45)nc23)cc1. The van der Waals surface area contributed by atoms with Crippen LogP contribution in [0.3, 0.4) is 0 Å². The van der Waals surface area contributed by atoms with Crippen molar-refractivity contribution in [2.75, 3.05) is 0 Å². The molecule has 0 amide bonds. The molecular weight excluding hydrogens is 611 g/mol. The fourth-order valence-corrected chi connectivity index (χ4v) is 7.18. The van der Waals surface area contributed by atoms with Gasteiger partial charge >= 0.3 is 0 Å². The molecule has 0 fully saturated rings. The average molecular weight is 638 g/mol. The van der Waals surface area contributed by atoms with Crippen LogP contribution in [-0.2, 0) is 0 Å². The van der Waals surface area contributed by atoms with Crippen LogP contribution >= 0.6 is 0 Å². The van der Waals surface area contributed by atoms with Gasteiger partial charge in [0.15, 0.2) is 0 Å². The van der Waals surface area contributed by atoms with Gasteiger partial charge in [0.2, 0.25) is 0 Å². The van der Waals surface area contributed by atoms with Crippen molar-refractivity contribution in [1.82, 2.24) is 24.9 Å². The van der Waals surface area contributed by atoms with E-state index in [0.29, 0.717) is 0 Å². The molecule has 0 atom stereocenters. The fraction of sp³-hybridized carbons (Fsp3) is 0. The molecule has 0 unspecified atom stereocenters. The molecule has 0 saturated carbocycles. The maximum Gasteiger partial charge on any atom is 0.0978 e. The molecule has 5 heterocycles. The number of rotatable bonds is 4. The first kappa shape index (κ1) is 28.2. The zero-order valence-electron chi connectivity index (χ0n) is 26.8. The van der Waals surface area contributed by atoms with Crippen molar-refractivity contribution in [2.45, 2.75) is 0 Å². The van der Waals surface area contributed by atoms with Crippen molar-refractivity contribution < 1.29 is 0 Å². The number of hydrogen-bond acceptors (Lipinski definition) is 5. The minimum Gasteiger partial charge on any atom is -0.256 e. The van der Waals surface area contributed by atoms with Crippen LogP contribution < -0.4 is 0 Å². The Bertz CT molecular complexity index is 2920. The van der Waals surface area contributed by atoms with E-state index in [4.69, 9.17) is 19.9 Å². The standard InChI is InChI=1S/C45H27N5/c1-2-9-29(10-3-1)42-34-11-4-5-13-37(34)50-45-36(42)20-17-30-19-23-38(49-43(30)45)35-22-21-32(33-12-8-26-47-44(33)35)31-16-15-28-18-24-40(48-41(28)27-31)39-14-6-7-25-46-39/h1-27H. The second-order valence-electron chi connectivity index (χ2n) is 12.5. The van der Waals surface area contributed by atoms with Gasteiger partial charge in [-0.05, 0) is 65.2 Å². The number of para-hydroxylation sites is 1. The molecule has 0 aliphatic carbocycles. The molecule has 0 bridgehead atoms. The highest BCUT2D eigenvalue weighted by molar-refractivity contribution is 6.16. The lowest BCUT2D eigenvalue weighted by molar-refractivity contribution is 1.28. The summed E-state index contributed by atoms with van der Waals surface area (Å²) in [5.74, 6) is 0. The predicted octanol–water partition coefficient (Wildman–Crippen LogP) is 11.1. The highest BCUT2D eigenvalue weighted by Gasteiger charge is 2.17. The van der Waals surface area contributed by atoms with Gasteiger partial charge in [-0.1, -0.05) is 103 Å². The molecular formula is C45H27N5. The van der Waals surface area contributed by atoms with Crippen LogP contribution in [0.2, 0.25) is 0 Å². The maximum absolute atomic E-state index is 5.33. The molecule has 232 valence electrons. The van der Waals surface area contributed by atoms with Crippen molar-refractivity contribution in [3.63, 3.8) is 0 Å². The summed E-state index contributed by atoms with van der Waals surface area (Å²) in [6.07, 6.45) is 3.65. The fourth-order valence-electron chi connectivity index (χ4n) is 7.18. The molecule has 50 heavy (non-hydrogen) atoms. The van der Waals surface area contributed by atoms with Gasteiger partial charge < -0.3 is 0 Å². The summed E-state index contributed by atoms with van der Waals surface area (Å²) in [5.41, 5.74) is 12.6. The summed E-state index contributed by atoms with van der Waals surface area (Å²) < 4.78 is 0.